The molecule has 29 heavy (non-hydrogen) atoms. The van der Waals surface area contributed by atoms with Crippen molar-refractivity contribution in [3.05, 3.63) is 106 Å². The summed E-state index contributed by atoms with van der Waals surface area (Å²) in [4.78, 5) is 25.7. The van der Waals surface area contributed by atoms with E-state index in [0.717, 1.165) is 11.1 Å². The second-order valence-electron chi connectivity index (χ2n) is 6.59. The molecule has 1 N–H and O–H groups in total. The fourth-order valence-electron chi connectivity index (χ4n) is 3.17. The number of rotatable bonds is 4. The zero-order chi connectivity index (χ0) is 20.2. The van der Waals surface area contributed by atoms with Crippen LogP contribution in [-0.2, 0) is 0 Å². The van der Waals surface area contributed by atoms with Gasteiger partial charge in [-0.05, 0) is 30.2 Å². The fourth-order valence-corrected chi connectivity index (χ4v) is 3.17. The van der Waals surface area contributed by atoms with Crippen molar-refractivity contribution in [3.8, 4) is 28.1 Å². The Morgan fingerprint density at radius 2 is 1.52 bits per heavy atom. The molecule has 0 aliphatic heterocycles. The predicted molar refractivity (Wildman–Crippen MR) is 112 cm³/mol. The molecule has 0 bridgehead atoms. The summed E-state index contributed by atoms with van der Waals surface area (Å²) >= 11 is 0. The third-order valence-corrected chi connectivity index (χ3v) is 4.50. The topological polar surface area (TPSA) is 72.0 Å². The van der Waals surface area contributed by atoms with E-state index in [0.29, 0.717) is 22.6 Å². The number of aromatic nitrogens is 2. The van der Waals surface area contributed by atoms with E-state index in [9.17, 15) is 9.59 Å². The Hall–Kier alpha value is -3.99. The Morgan fingerprint density at radius 1 is 0.862 bits per heavy atom. The molecule has 0 radical (unpaired) electrons. The Morgan fingerprint density at radius 3 is 2.17 bits per heavy atom. The highest BCUT2D eigenvalue weighted by Crippen LogP contribution is 2.32. The van der Waals surface area contributed by atoms with Crippen molar-refractivity contribution in [2.24, 2.45) is 0 Å². The number of ether oxygens (including phenoxy) is 1. The van der Waals surface area contributed by atoms with Gasteiger partial charge in [0.05, 0.1) is 5.69 Å². The van der Waals surface area contributed by atoms with E-state index in [1.807, 2.05) is 73.7 Å². The maximum absolute atomic E-state index is 13.1. The lowest BCUT2D eigenvalue weighted by Gasteiger charge is -2.13. The first-order valence-corrected chi connectivity index (χ1v) is 9.16. The minimum absolute atomic E-state index is 0.0773. The van der Waals surface area contributed by atoms with Crippen LogP contribution in [0.1, 0.15) is 15.9 Å². The van der Waals surface area contributed by atoms with Gasteiger partial charge in [-0.3, -0.25) is 4.79 Å². The minimum atomic E-state index is -0.727. The molecule has 3 aromatic carbocycles. The van der Waals surface area contributed by atoms with Gasteiger partial charge in [0.15, 0.2) is 0 Å². The Balaban J connectivity index is 1.91. The molecule has 1 aromatic heterocycles. The second kappa shape index (κ2) is 7.94. The molecule has 142 valence electrons. The van der Waals surface area contributed by atoms with Gasteiger partial charge in [-0.1, -0.05) is 72.8 Å². The average Bonchev–Trinajstić information content (AvgIpc) is 2.74. The van der Waals surface area contributed by atoms with E-state index in [1.165, 1.54) is 0 Å². The van der Waals surface area contributed by atoms with Gasteiger partial charge in [-0.2, -0.15) is 5.10 Å². The van der Waals surface area contributed by atoms with Gasteiger partial charge in [-0.25, -0.2) is 9.89 Å². The third kappa shape index (κ3) is 3.84. The standard InChI is InChI=1S/C24H18N2O3/c1-16-9-8-14-19(15-16)29-24(28)21-20(17-10-4-2-5-11-17)22(25-26-23(21)27)18-12-6-3-7-13-18/h2-15H,1H3,(H,26,27). The Labute approximate surface area is 167 Å². The molecule has 0 saturated heterocycles. The summed E-state index contributed by atoms with van der Waals surface area (Å²) in [6.07, 6.45) is 0. The van der Waals surface area contributed by atoms with Crippen LogP contribution in [0.4, 0.5) is 0 Å². The molecule has 4 rings (SSSR count). The smallest absolute Gasteiger partial charge is 0.349 e. The lowest BCUT2D eigenvalue weighted by molar-refractivity contribution is 0.0733. The van der Waals surface area contributed by atoms with Crippen molar-refractivity contribution in [1.82, 2.24) is 10.2 Å². The molecular weight excluding hydrogens is 364 g/mol. The van der Waals surface area contributed by atoms with Crippen molar-refractivity contribution >= 4 is 5.97 Å². The monoisotopic (exact) mass is 382 g/mol. The van der Waals surface area contributed by atoms with E-state index < -0.39 is 11.5 Å². The highest BCUT2D eigenvalue weighted by molar-refractivity contribution is 6.01. The van der Waals surface area contributed by atoms with Gasteiger partial charge < -0.3 is 4.74 Å². The highest BCUT2D eigenvalue weighted by atomic mass is 16.5. The number of carbonyl (C=O) groups excluding carboxylic acids is 1. The van der Waals surface area contributed by atoms with Gasteiger partial charge in [0.25, 0.3) is 5.56 Å². The van der Waals surface area contributed by atoms with Gasteiger partial charge in [0.2, 0.25) is 0 Å². The van der Waals surface area contributed by atoms with Crippen molar-refractivity contribution in [3.63, 3.8) is 0 Å². The summed E-state index contributed by atoms with van der Waals surface area (Å²) in [7, 11) is 0. The van der Waals surface area contributed by atoms with Gasteiger partial charge in [-0.15, -0.1) is 0 Å². The van der Waals surface area contributed by atoms with E-state index in [2.05, 4.69) is 10.2 Å². The zero-order valence-electron chi connectivity index (χ0n) is 15.8. The molecule has 1 heterocycles. The normalized spacial score (nSPS) is 10.5. The van der Waals surface area contributed by atoms with Crippen LogP contribution in [0.25, 0.3) is 22.4 Å². The quantitative estimate of drug-likeness (QED) is 0.413. The molecule has 0 fully saturated rings. The number of benzene rings is 3. The Bertz CT molecular complexity index is 1220. The summed E-state index contributed by atoms with van der Waals surface area (Å²) in [6, 6.07) is 25.8. The predicted octanol–water partition coefficient (Wildman–Crippen LogP) is 4.63. The van der Waals surface area contributed by atoms with Gasteiger partial charge in [0, 0.05) is 11.1 Å². The van der Waals surface area contributed by atoms with E-state index in [1.54, 1.807) is 18.2 Å². The maximum atomic E-state index is 13.1. The molecule has 5 heteroatoms. The van der Waals surface area contributed by atoms with Crippen LogP contribution < -0.4 is 10.3 Å². The highest BCUT2D eigenvalue weighted by Gasteiger charge is 2.24. The minimum Gasteiger partial charge on any atom is -0.423 e. The summed E-state index contributed by atoms with van der Waals surface area (Å²) in [5, 5.41) is 6.69. The first kappa shape index (κ1) is 18.4. The number of nitrogens with zero attached hydrogens (tertiary/aromatic N) is 1. The van der Waals surface area contributed by atoms with Crippen LogP contribution in [0.3, 0.4) is 0 Å². The molecular formula is C24H18N2O3. The van der Waals surface area contributed by atoms with Crippen LogP contribution >= 0.6 is 0 Å². The summed E-state index contributed by atoms with van der Waals surface area (Å²) in [5.74, 6) is -0.346. The maximum Gasteiger partial charge on any atom is 0.349 e. The zero-order valence-corrected chi connectivity index (χ0v) is 15.8. The van der Waals surface area contributed by atoms with E-state index in [4.69, 9.17) is 4.74 Å². The molecule has 0 saturated carbocycles. The molecule has 0 aliphatic carbocycles. The Kier molecular flexibility index (Phi) is 5.03. The van der Waals surface area contributed by atoms with Gasteiger partial charge >= 0.3 is 5.97 Å². The molecule has 0 amide bonds. The van der Waals surface area contributed by atoms with Gasteiger partial charge in [0.1, 0.15) is 11.3 Å². The SMILES string of the molecule is Cc1cccc(OC(=O)c2c(-c3ccccc3)c(-c3ccccc3)n[nH]c2=O)c1. The largest absolute Gasteiger partial charge is 0.423 e. The molecule has 4 aromatic rings. The third-order valence-electron chi connectivity index (χ3n) is 4.50. The number of nitrogens with one attached hydrogen (secondary N) is 1. The van der Waals surface area contributed by atoms with E-state index >= 15 is 0 Å². The lowest BCUT2D eigenvalue weighted by Crippen LogP contribution is -2.25. The van der Waals surface area contributed by atoms with Crippen LogP contribution in [0.15, 0.2) is 89.7 Å². The van der Waals surface area contributed by atoms with Crippen molar-refractivity contribution < 1.29 is 9.53 Å². The molecule has 5 nitrogen and oxygen atoms in total. The van der Waals surface area contributed by atoms with Crippen LogP contribution in [-0.4, -0.2) is 16.2 Å². The molecule has 0 spiro atoms. The van der Waals surface area contributed by atoms with Crippen LogP contribution in [0, 0.1) is 6.92 Å². The van der Waals surface area contributed by atoms with Crippen LogP contribution in [0.5, 0.6) is 5.75 Å². The van der Waals surface area contributed by atoms with Crippen molar-refractivity contribution in [1.29, 1.82) is 0 Å². The number of aromatic amines is 1. The fraction of sp³-hybridized carbons (Fsp3) is 0.0417. The van der Waals surface area contributed by atoms with Crippen LogP contribution in [0.2, 0.25) is 0 Å². The first-order valence-electron chi connectivity index (χ1n) is 9.16. The lowest BCUT2D eigenvalue weighted by atomic mass is 9.95. The summed E-state index contributed by atoms with van der Waals surface area (Å²) < 4.78 is 5.53. The second-order valence-corrected chi connectivity index (χ2v) is 6.59. The average molecular weight is 382 g/mol. The number of esters is 1. The van der Waals surface area contributed by atoms with E-state index in [-0.39, 0.29) is 5.56 Å². The molecule has 0 atom stereocenters. The van der Waals surface area contributed by atoms with Crippen molar-refractivity contribution in [2.45, 2.75) is 6.92 Å². The first-order chi connectivity index (χ1) is 14.1. The number of carbonyl (C=O) groups is 1. The summed E-state index contributed by atoms with van der Waals surface area (Å²) in [6.45, 7) is 1.90. The molecule has 0 unspecified atom stereocenters. The molecule has 0 aliphatic rings. The number of aryl methyl sites for hydroxylation is 1. The summed E-state index contributed by atoms with van der Waals surface area (Å²) in [5.41, 5.74) is 2.72. The number of hydrogen-bond acceptors (Lipinski definition) is 4. The van der Waals surface area contributed by atoms with Crippen molar-refractivity contribution in [2.75, 3.05) is 0 Å². The number of hydrogen-bond donors (Lipinski definition) is 1. The number of H-pyrrole nitrogens is 1.